The summed E-state index contributed by atoms with van der Waals surface area (Å²) in [4.78, 5) is 14.6. The smallest absolute Gasteiger partial charge is 0.227 e. The number of amides is 1. The maximum Gasteiger partial charge on any atom is 0.227 e. The van der Waals surface area contributed by atoms with Crippen LogP contribution in [-0.4, -0.2) is 25.7 Å². The molecule has 0 radical (unpaired) electrons. The van der Waals surface area contributed by atoms with E-state index in [0.717, 1.165) is 41.2 Å². The molecular weight excluding hydrogens is 352 g/mol. The fraction of sp³-hybridized carbons (Fsp3) is 0.435. The fourth-order valence-corrected chi connectivity index (χ4v) is 4.32. The van der Waals surface area contributed by atoms with Crippen LogP contribution in [0.3, 0.4) is 0 Å². The molecule has 1 amide bonds. The Labute approximate surface area is 166 Å². The van der Waals surface area contributed by atoms with Crippen molar-refractivity contribution in [3.8, 4) is 11.5 Å². The number of nitrogens with two attached hydrogens (primary N) is 1. The zero-order valence-corrected chi connectivity index (χ0v) is 16.6. The molecule has 28 heavy (non-hydrogen) atoms. The fourth-order valence-electron chi connectivity index (χ4n) is 4.32. The van der Waals surface area contributed by atoms with Crippen molar-refractivity contribution >= 4 is 17.3 Å². The highest BCUT2D eigenvalue weighted by atomic mass is 16.5. The highest BCUT2D eigenvalue weighted by Gasteiger charge is 2.33. The van der Waals surface area contributed by atoms with Gasteiger partial charge in [0.25, 0.3) is 0 Å². The van der Waals surface area contributed by atoms with Gasteiger partial charge in [0, 0.05) is 30.3 Å². The highest BCUT2D eigenvalue weighted by molar-refractivity contribution is 5.97. The molecule has 1 aliphatic carbocycles. The summed E-state index contributed by atoms with van der Waals surface area (Å²) in [5, 5.41) is 0. The van der Waals surface area contributed by atoms with E-state index >= 15 is 0 Å². The van der Waals surface area contributed by atoms with Crippen LogP contribution in [0.15, 0.2) is 36.4 Å². The number of ether oxygens (including phenoxy) is 2. The maximum absolute atomic E-state index is 12.7. The van der Waals surface area contributed by atoms with Gasteiger partial charge >= 0.3 is 0 Å². The Morgan fingerprint density at radius 3 is 2.64 bits per heavy atom. The number of carbonyl (C=O) groups excluding carboxylic acids is 1. The van der Waals surface area contributed by atoms with Gasteiger partial charge in [-0.3, -0.25) is 4.79 Å². The Balaban J connectivity index is 1.57. The lowest BCUT2D eigenvalue weighted by Gasteiger charge is -2.21. The van der Waals surface area contributed by atoms with Crippen molar-refractivity contribution in [2.45, 2.75) is 51.0 Å². The van der Waals surface area contributed by atoms with Gasteiger partial charge in [0.15, 0.2) is 11.5 Å². The van der Waals surface area contributed by atoms with Gasteiger partial charge in [-0.2, -0.15) is 0 Å². The third kappa shape index (κ3) is 3.53. The van der Waals surface area contributed by atoms with Crippen LogP contribution in [0, 0.1) is 6.92 Å². The Morgan fingerprint density at radius 2 is 1.89 bits per heavy atom. The van der Waals surface area contributed by atoms with Crippen molar-refractivity contribution in [1.82, 2.24) is 0 Å². The molecule has 2 aliphatic rings. The van der Waals surface area contributed by atoms with E-state index in [9.17, 15) is 4.79 Å². The topological polar surface area (TPSA) is 64.8 Å². The van der Waals surface area contributed by atoms with Gasteiger partial charge < -0.3 is 20.1 Å². The van der Waals surface area contributed by atoms with E-state index in [1.54, 1.807) is 7.11 Å². The zero-order valence-electron chi connectivity index (χ0n) is 16.6. The first-order valence-corrected chi connectivity index (χ1v) is 10.1. The van der Waals surface area contributed by atoms with Gasteiger partial charge in [-0.05, 0) is 68.0 Å². The number of benzene rings is 2. The summed E-state index contributed by atoms with van der Waals surface area (Å²) in [6, 6.07) is 11.8. The molecule has 4 rings (SSSR count). The van der Waals surface area contributed by atoms with E-state index in [1.165, 1.54) is 12.8 Å². The maximum atomic E-state index is 12.7. The minimum atomic E-state index is 0.130. The minimum absolute atomic E-state index is 0.130. The zero-order chi connectivity index (χ0) is 19.7. The number of methoxy groups -OCH3 is 1. The lowest BCUT2D eigenvalue weighted by Crippen LogP contribution is -2.25. The van der Waals surface area contributed by atoms with Crippen LogP contribution in [0.2, 0.25) is 0 Å². The van der Waals surface area contributed by atoms with E-state index in [0.29, 0.717) is 18.7 Å². The van der Waals surface area contributed by atoms with Crippen molar-refractivity contribution in [2.75, 3.05) is 24.3 Å². The van der Waals surface area contributed by atoms with Crippen LogP contribution >= 0.6 is 0 Å². The largest absolute Gasteiger partial charge is 0.493 e. The Kier molecular flexibility index (Phi) is 5.16. The van der Waals surface area contributed by atoms with Crippen molar-refractivity contribution in [1.29, 1.82) is 0 Å². The van der Waals surface area contributed by atoms with E-state index in [4.69, 9.17) is 15.2 Å². The molecule has 2 aromatic carbocycles. The summed E-state index contributed by atoms with van der Waals surface area (Å²) in [6.45, 7) is 2.62. The van der Waals surface area contributed by atoms with Crippen LogP contribution in [0.25, 0.3) is 0 Å². The first-order valence-electron chi connectivity index (χ1n) is 10.1. The summed E-state index contributed by atoms with van der Waals surface area (Å²) in [5.74, 6) is 1.80. The molecular formula is C23H28N2O3. The molecule has 5 nitrogen and oxygen atoms in total. The summed E-state index contributed by atoms with van der Waals surface area (Å²) in [5.41, 5.74) is 9.73. The Morgan fingerprint density at radius 1 is 1.11 bits per heavy atom. The number of anilines is 2. The highest BCUT2D eigenvalue weighted by Crippen LogP contribution is 2.39. The van der Waals surface area contributed by atoms with Crippen LogP contribution in [0.4, 0.5) is 11.4 Å². The van der Waals surface area contributed by atoms with E-state index in [2.05, 4.69) is 6.07 Å². The van der Waals surface area contributed by atoms with Crippen LogP contribution in [-0.2, 0) is 4.79 Å². The quantitative estimate of drug-likeness (QED) is 0.780. The molecule has 0 bridgehead atoms. The average molecular weight is 380 g/mol. The third-order valence-corrected chi connectivity index (χ3v) is 6.02. The molecule has 1 atom stereocenters. The Hall–Kier alpha value is -2.69. The monoisotopic (exact) mass is 380 g/mol. The molecule has 1 saturated heterocycles. The van der Waals surface area contributed by atoms with Gasteiger partial charge in [0.1, 0.15) is 0 Å². The number of carbonyl (C=O) groups is 1. The van der Waals surface area contributed by atoms with Crippen molar-refractivity contribution in [3.05, 3.63) is 47.5 Å². The molecule has 5 heteroatoms. The van der Waals surface area contributed by atoms with Crippen LogP contribution in [0.5, 0.6) is 11.5 Å². The number of hydrogen-bond donors (Lipinski definition) is 1. The molecule has 1 saturated carbocycles. The number of nitrogen functional groups attached to an aromatic ring is 1. The lowest BCUT2D eigenvalue weighted by atomic mass is 9.98. The summed E-state index contributed by atoms with van der Waals surface area (Å²) in [7, 11) is 1.67. The van der Waals surface area contributed by atoms with E-state index in [-0.39, 0.29) is 17.9 Å². The first kappa shape index (κ1) is 18.7. The molecule has 1 heterocycles. The SMILES string of the molecule is COc1ccc([C@H]2CC(=O)N(c3cccc(N)c3C)C2)cc1OC1CCCC1. The molecule has 0 aromatic heterocycles. The molecule has 2 aromatic rings. The molecule has 0 unspecified atom stereocenters. The molecule has 2 N–H and O–H groups in total. The molecule has 148 valence electrons. The minimum Gasteiger partial charge on any atom is -0.493 e. The molecule has 2 fully saturated rings. The van der Waals surface area contributed by atoms with Gasteiger partial charge in [-0.1, -0.05) is 12.1 Å². The van der Waals surface area contributed by atoms with Gasteiger partial charge in [0.2, 0.25) is 5.91 Å². The summed E-state index contributed by atoms with van der Waals surface area (Å²) < 4.78 is 11.7. The predicted octanol–water partition coefficient (Wildman–Crippen LogP) is 4.43. The second-order valence-electron chi connectivity index (χ2n) is 7.83. The van der Waals surface area contributed by atoms with Crippen molar-refractivity contribution in [2.24, 2.45) is 0 Å². The van der Waals surface area contributed by atoms with E-state index < -0.39 is 0 Å². The second-order valence-corrected chi connectivity index (χ2v) is 7.83. The normalized spacial score (nSPS) is 20.0. The van der Waals surface area contributed by atoms with Gasteiger partial charge in [-0.15, -0.1) is 0 Å². The second kappa shape index (κ2) is 7.74. The first-order chi connectivity index (χ1) is 13.6. The number of rotatable bonds is 5. The molecule has 1 aliphatic heterocycles. The summed E-state index contributed by atoms with van der Waals surface area (Å²) >= 11 is 0. The van der Waals surface area contributed by atoms with Crippen molar-refractivity contribution in [3.63, 3.8) is 0 Å². The average Bonchev–Trinajstić information content (AvgIpc) is 3.34. The lowest BCUT2D eigenvalue weighted by molar-refractivity contribution is -0.117. The van der Waals surface area contributed by atoms with Gasteiger partial charge in [0.05, 0.1) is 13.2 Å². The molecule has 0 spiro atoms. The third-order valence-electron chi connectivity index (χ3n) is 6.02. The van der Waals surface area contributed by atoms with Crippen molar-refractivity contribution < 1.29 is 14.3 Å². The van der Waals surface area contributed by atoms with Gasteiger partial charge in [-0.25, -0.2) is 0 Å². The van der Waals surface area contributed by atoms with Crippen LogP contribution < -0.4 is 20.1 Å². The number of hydrogen-bond acceptors (Lipinski definition) is 4. The van der Waals surface area contributed by atoms with E-state index in [1.807, 2.05) is 42.2 Å². The summed E-state index contributed by atoms with van der Waals surface area (Å²) in [6.07, 6.45) is 5.39. The standard InChI is InChI=1S/C23H28N2O3/c1-15-19(24)8-5-9-20(15)25-14-17(13-23(25)26)16-10-11-21(27-2)22(12-16)28-18-6-3-4-7-18/h5,8-12,17-18H,3-4,6-7,13-14,24H2,1-2H3/t17-/m0/s1. The van der Waals surface area contributed by atoms with Crippen LogP contribution in [0.1, 0.15) is 49.1 Å². The predicted molar refractivity (Wildman–Crippen MR) is 111 cm³/mol. The number of nitrogens with zero attached hydrogens (tertiary/aromatic N) is 1. The Bertz CT molecular complexity index is 874.